The molecule has 1 aliphatic rings. The molecule has 0 aliphatic carbocycles. The van der Waals surface area contributed by atoms with Crippen molar-refractivity contribution in [1.29, 1.82) is 0 Å². The summed E-state index contributed by atoms with van der Waals surface area (Å²) in [5.41, 5.74) is 5.41. The fraction of sp³-hybridized carbons (Fsp3) is 0.900. The second kappa shape index (κ2) is 5.60. The Balaban J connectivity index is 2.69. The summed E-state index contributed by atoms with van der Waals surface area (Å²) < 4.78 is 25.6. The van der Waals surface area contributed by atoms with Crippen LogP contribution in [0.15, 0.2) is 0 Å². The van der Waals surface area contributed by atoms with Crippen molar-refractivity contribution in [2.24, 2.45) is 5.73 Å². The Kier molecular flexibility index (Phi) is 4.88. The Bertz CT molecular complexity index is 383. The zero-order valence-corrected chi connectivity index (χ0v) is 12.2. The Labute approximate surface area is 109 Å². The molecular weight excluding hydrogens is 258 g/mol. The van der Waals surface area contributed by atoms with E-state index in [0.717, 1.165) is 19.4 Å². The molecule has 0 bridgehead atoms. The van der Waals surface area contributed by atoms with Crippen molar-refractivity contribution in [2.45, 2.75) is 31.1 Å². The molecule has 2 atom stereocenters. The van der Waals surface area contributed by atoms with Crippen LogP contribution in [-0.4, -0.2) is 61.1 Å². The van der Waals surface area contributed by atoms with Gasteiger partial charge in [-0.15, -0.1) is 0 Å². The topological polar surface area (TPSA) is 66.6 Å². The maximum Gasteiger partial charge on any atom is 0.223 e. The van der Waals surface area contributed by atoms with Crippen LogP contribution in [0.25, 0.3) is 0 Å². The second-order valence-electron chi connectivity index (χ2n) is 4.65. The molecule has 0 spiro atoms. The first-order valence-electron chi connectivity index (χ1n) is 5.71. The van der Waals surface area contributed by atoms with E-state index in [1.807, 2.05) is 7.05 Å². The van der Waals surface area contributed by atoms with E-state index in [-0.39, 0.29) is 4.99 Å². The summed E-state index contributed by atoms with van der Waals surface area (Å²) in [6.07, 6.45) is 2.16. The molecule has 1 aliphatic heterocycles. The van der Waals surface area contributed by atoms with Crippen LogP contribution in [0.1, 0.15) is 19.8 Å². The summed E-state index contributed by atoms with van der Waals surface area (Å²) in [6, 6.07) is 0.299. The highest BCUT2D eigenvalue weighted by Crippen LogP contribution is 2.17. The highest BCUT2D eigenvalue weighted by Gasteiger charge is 2.31. The summed E-state index contributed by atoms with van der Waals surface area (Å²) >= 11 is 4.75. The molecule has 2 N–H and O–H groups in total. The quantitative estimate of drug-likeness (QED) is 0.719. The molecule has 1 fully saturated rings. The lowest BCUT2D eigenvalue weighted by Crippen LogP contribution is -2.45. The molecular formula is C10H21N3O2S2. The van der Waals surface area contributed by atoms with Crippen LogP contribution in [-0.2, 0) is 10.0 Å². The van der Waals surface area contributed by atoms with Crippen molar-refractivity contribution in [2.75, 3.05) is 27.2 Å². The third kappa shape index (κ3) is 3.37. The molecule has 1 saturated heterocycles. The van der Waals surface area contributed by atoms with E-state index in [1.165, 1.54) is 11.2 Å². The van der Waals surface area contributed by atoms with E-state index >= 15 is 0 Å². The van der Waals surface area contributed by atoms with Crippen LogP contribution >= 0.6 is 12.2 Å². The van der Waals surface area contributed by atoms with Gasteiger partial charge in [-0.3, -0.25) is 0 Å². The average Bonchev–Trinajstić information content (AvgIpc) is 2.63. The van der Waals surface area contributed by atoms with Gasteiger partial charge in [0.05, 0.1) is 4.99 Å². The second-order valence-corrected chi connectivity index (χ2v) is 7.48. The van der Waals surface area contributed by atoms with Crippen molar-refractivity contribution >= 4 is 27.2 Å². The van der Waals surface area contributed by atoms with Crippen LogP contribution in [0, 0.1) is 0 Å². The van der Waals surface area contributed by atoms with E-state index in [0.29, 0.717) is 12.6 Å². The molecule has 0 aromatic heterocycles. The zero-order chi connectivity index (χ0) is 13.2. The van der Waals surface area contributed by atoms with E-state index in [1.54, 1.807) is 7.05 Å². The molecule has 1 heterocycles. The Morgan fingerprint density at radius 1 is 1.65 bits per heavy atom. The Morgan fingerprint density at radius 3 is 2.65 bits per heavy atom. The zero-order valence-electron chi connectivity index (χ0n) is 10.6. The summed E-state index contributed by atoms with van der Waals surface area (Å²) in [4.78, 5) is 2.22. The van der Waals surface area contributed by atoms with E-state index in [4.69, 9.17) is 18.0 Å². The Hall–Kier alpha value is -0.240. The van der Waals surface area contributed by atoms with Gasteiger partial charge in [-0.1, -0.05) is 12.2 Å². The monoisotopic (exact) mass is 279 g/mol. The smallest absolute Gasteiger partial charge is 0.223 e. The predicted octanol–water partition coefficient (Wildman–Crippen LogP) is 0.0168. The minimum Gasteiger partial charge on any atom is -0.392 e. The van der Waals surface area contributed by atoms with Crippen LogP contribution in [0.5, 0.6) is 0 Å². The van der Waals surface area contributed by atoms with Crippen LogP contribution < -0.4 is 5.73 Å². The molecule has 7 heteroatoms. The van der Waals surface area contributed by atoms with Crippen molar-refractivity contribution in [1.82, 2.24) is 9.21 Å². The minimum atomic E-state index is -3.41. The maximum atomic E-state index is 12.1. The fourth-order valence-corrected chi connectivity index (χ4v) is 3.61. The van der Waals surface area contributed by atoms with E-state index in [9.17, 15) is 8.42 Å². The third-order valence-electron chi connectivity index (χ3n) is 3.42. The molecule has 0 aromatic carbocycles. The number of hydrogen-bond donors (Lipinski definition) is 1. The largest absolute Gasteiger partial charge is 0.392 e. The lowest BCUT2D eigenvalue weighted by Gasteiger charge is -2.27. The first kappa shape index (κ1) is 14.8. The molecule has 0 radical (unpaired) electrons. The maximum absolute atomic E-state index is 12.1. The number of nitrogens with two attached hydrogens (primary N) is 1. The lowest BCUT2D eigenvalue weighted by atomic mass is 10.2. The van der Waals surface area contributed by atoms with Gasteiger partial charge < -0.3 is 10.6 Å². The van der Waals surface area contributed by atoms with Crippen molar-refractivity contribution in [3.63, 3.8) is 0 Å². The van der Waals surface area contributed by atoms with Crippen molar-refractivity contribution < 1.29 is 8.42 Å². The van der Waals surface area contributed by atoms with Gasteiger partial charge in [-0.05, 0) is 33.4 Å². The summed E-state index contributed by atoms with van der Waals surface area (Å²) in [5, 5.41) is -0.797. The molecule has 0 saturated carbocycles. The van der Waals surface area contributed by atoms with Crippen LogP contribution in [0.4, 0.5) is 0 Å². The number of thiocarbonyl (C=S) groups is 1. The SMILES string of the molecule is CC(C(N)=S)S(=O)(=O)N(C)CC1CCCN1C. The molecule has 2 unspecified atom stereocenters. The van der Waals surface area contributed by atoms with Crippen molar-refractivity contribution in [3.05, 3.63) is 0 Å². The van der Waals surface area contributed by atoms with Gasteiger partial charge in [0.25, 0.3) is 0 Å². The van der Waals surface area contributed by atoms with Crippen LogP contribution in [0.3, 0.4) is 0 Å². The molecule has 0 amide bonds. The molecule has 100 valence electrons. The number of nitrogens with zero attached hydrogens (tertiary/aromatic N) is 2. The van der Waals surface area contributed by atoms with Crippen molar-refractivity contribution in [3.8, 4) is 0 Å². The Morgan fingerprint density at radius 2 is 2.24 bits per heavy atom. The number of likely N-dealkylation sites (N-methyl/N-ethyl adjacent to an activating group) is 2. The van der Waals surface area contributed by atoms with Crippen LogP contribution in [0.2, 0.25) is 0 Å². The molecule has 0 aromatic rings. The van der Waals surface area contributed by atoms with E-state index < -0.39 is 15.3 Å². The fourth-order valence-electron chi connectivity index (χ4n) is 2.03. The van der Waals surface area contributed by atoms with Gasteiger partial charge in [0.2, 0.25) is 10.0 Å². The highest BCUT2D eigenvalue weighted by atomic mass is 32.2. The van der Waals surface area contributed by atoms with Gasteiger partial charge in [0.1, 0.15) is 5.25 Å². The normalized spacial score (nSPS) is 24.1. The van der Waals surface area contributed by atoms with Gasteiger partial charge in [0.15, 0.2) is 0 Å². The highest BCUT2D eigenvalue weighted by molar-refractivity contribution is 7.92. The first-order valence-corrected chi connectivity index (χ1v) is 7.62. The van der Waals surface area contributed by atoms with Gasteiger partial charge in [-0.25, -0.2) is 12.7 Å². The summed E-state index contributed by atoms with van der Waals surface area (Å²) in [5.74, 6) is 0. The number of hydrogen-bond acceptors (Lipinski definition) is 4. The standard InChI is InChI=1S/C10H21N3O2S2/c1-8(10(11)16)17(14,15)13(3)7-9-5-4-6-12(9)2/h8-9H,4-7H2,1-3H3,(H2,11,16). The third-order valence-corrected chi connectivity index (χ3v) is 6.09. The number of rotatable bonds is 5. The van der Waals surface area contributed by atoms with E-state index in [2.05, 4.69) is 4.90 Å². The molecule has 17 heavy (non-hydrogen) atoms. The first-order chi connectivity index (χ1) is 7.76. The summed E-state index contributed by atoms with van der Waals surface area (Å²) in [7, 11) is 0.208. The number of sulfonamides is 1. The predicted molar refractivity (Wildman–Crippen MR) is 73.4 cm³/mol. The minimum absolute atomic E-state index is 0.0247. The van der Waals surface area contributed by atoms with Gasteiger partial charge in [0, 0.05) is 19.6 Å². The number of likely N-dealkylation sites (tertiary alicyclic amines) is 1. The molecule has 1 rings (SSSR count). The summed E-state index contributed by atoms with van der Waals surface area (Å²) in [6.45, 7) is 3.07. The lowest BCUT2D eigenvalue weighted by molar-refractivity contribution is 0.270. The van der Waals surface area contributed by atoms with Gasteiger partial charge in [-0.2, -0.15) is 0 Å². The van der Waals surface area contributed by atoms with Gasteiger partial charge >= 0.3 is 0 Å². The molecule has 5 nitrogen and oxygen atoms in total. The average molecular weight is 279 g/mol.